The van der Waals surface area contributed by atoms with Gasteiger partial charge >= 0.3 is 5.97 Å². The molecule has 0 aliphatic heterocycles. The normalized spacial score (nSPS) is 44.4. The molecule has 4 fully saturated rings. The van der Waals surface area contributed by atoms with Crippen molar-refractivity contribution in [2.75, 3.05) is 0 Å². The first-order valence-corrected chi connectivity index (χ1v) is 15.6. The molecule has 4 unspecified atom stereocenters. The number of carboxylic acid groups (broad SMARTS) is 1. The Morgan fingerprint density at radius 3 is 2.51 bits per heavy atom. The first-order chi connectivity index (χ1) is 18.4. The molecule has 4 aliphatic rings. The summed E-state index contributed by atoms with van der Waals surface area (Å²) in [6.07, 6.45) is 8.81. The van der Waals surface area contributed by atoms with Gasteiger partial charge in [0.05, 0.1) is 17.8 Å². The van der Waals surface area contributed by atoms with Crippen molar-refractivity contribution in [2.24, 2.45) is 51.8 Å². The molecule has 0 bridgehead atoms. The molecule has 39 heavy (non-hydrogen) atoms. The predicted molar refractivity (Wildman–Crippen MR) is 152 cm³/mol. The van der Waals surface area contributed by atoms with Crippen LogP contribution in [-0.4, -0.2) is 33.5 Å². The Balaban J connectivity index is 1.29. The minimum absolute atomic E-state index is 0.110. The molecule has 0 spiro atoms. The first-order valence-electron chi connectivity index (χ1n) is 15.6. The summed E-state index contributed by atoms with van der Waals surface area (Å²) in [6, 6.07) is 7.20. The lowest BCUT2D eigenvalue weighted by molar-refractivity contribution is -0.209. The summed E-state index contributed by atoms with van der Waals surface area (Å²) in [5.41, 5.74) is 1.41. The molecule has 5 heteroatoms. The zero-order valence-electron chi connectivity index (χ0n) is 24.5. The Hall–Kier alpha value is -1.85. The average molecular weight is 537 g/mol. The van der Waals surface area contributed by atoms with E-state index >= 15 is 0 Å². The molecular weight excluding hydrogens is 488 g/mol. The number of aliphatic hydroxyl groups is 2. The molecule has 0 amide bonds. The van der Waals surface area contributed by atoms with Gasteiger partial charge in [0.2, 0.25) is 0 Å². The van der Waals surface area contributed by atoms with Crippen LogP contribution in [0, 0.1) is 51.8 Å². The van der Waals surface area contributed by atoms with Crippen molar-refractivity contribution in [3.8, 4) is 0 Å². The van der Waals surface area contributed by atoms with Crippen molar-refractivity contribution in [3.05, 3.63) is 35.6 Å². The second kappa shape index (κ2) is 9.34. The Kier molecular flexibility index (Phi) is 6.54. The number of aliphatic hydroxyl groups excluding tert-OH is 2. The van der Waals surface area contributed by atoms with E-state index in [9.17, 15) is 20.1 Å². The van der Waals surface area contributed by atoms with E-state index < -0.39 is 5.97 Å². The quantitative estimate of drug-likeness (QED) is 0.372. The van der Waals surface area contributed by atoms with Gasteiger partial charge in [0.25, 0.3) is 0 Å². The second-order valence-electron chi connectivity index (χ2n) is 14.6. The number of fused-ring (bicyclic) bond motifs is 6. The van der Waals surface area contributed by atoms with Crippen molar-refractivity contribution in [3.63, 3.8) is 0 Å². The van der Waals surface area contributed by atoms with E-state index in [0.29, 0.717) is 46.1 Å². The third-order valence-electron chi connectivity index (χ3n) is 13.5. The van der Waals surface area contributed by atoms with E-state index in [1.54, 1.807) is 12.1 Å². The zero-order valence-corrected chi connectivity index (χ0v) is 24.5. The van der Waals surface area contributed by atoms with Crippen LogP contribution in [0.2, 0.25) is 0 Å². The number of rotatable bonds is 5. The van der Waals surface area contributed by atoms with Gasteiger partial charge < -0.3 is 19.7 Å². The number of benzene rings is 1. The van der Waals surface area contributed by atoms with Gasteiger partial charge in [0.1, 0.15) is 11.3 Å². The third-order valence-corrected chi connectivity index (χ3v) is 13.5. The van der Waals surface area contributed by atoms with Gasteiger partial charge in [-0.2, -0.15) is 0 Å². The molecule has 3 N–H and O–H groups in total. The fourth-order valence-electron chi connectivity index (χ4n) is 11.0. The van der Waals surface area contributed by atoms with E-state index in [1.807, 2.05) is 12.1 Å². The van der Waals surface area contributed by atoms with Crippen LogP contribution in [0.3, 0.4) is 0 Å². The Morgan fingerprint density at radius 1 is 1.05 bits per heavy atom. The first kappa shape index (κ1) is 27.3. The second-order valence-corrected chi connectivity index (χ2v) is 14.6. The van der Waals surface area contributed by atoms with Crippen molar-refractivity contribution in [2.45, 2.75) is 105 Å². The van der Waals surface area contributed by atoms with Crippen LogP contribution in [0.5, 0.6) is 0 Å². The largest absolute Gasteiger partial charge is 0.478 e. The molecule has 0 saturated heterocycles. The highest BCUT2D eigenvalue weighted by molar-refractivity contribution is 6.02. The number of carboxylic acids is 1. The van der Waals surface area contributed by atoms with Crippen LogP contribution in [0.4, 0.5) is 0 Å². The van der Waals surface area contributed by atoms with E-state index in [0.717, 1.165) is 44.3 Å². The number of hydrogen-bond acceptors (Lipinski definition) is 4. The predicted octanol–water partition coefficient (Wildman–Crippen LogP) is 7.33. The van der Waals surface area contributed by atoms with Crippen molar-refractivity contribution in [1.29, 1.82) is 0 Å². The lowest BCUT2D eigenvalue weighted by Crippen LogP contribution is -2.62. The monoisotopic (exact) mass is 536 g/mol. The fraction of sp³-hybridized carbons (Fsp3) is 0.735. The summed E-state index contributed by atoms with van der Waals surface area (Å²) in [7, 11) is 0. The highest BCUT2D eigenvalue weighted by Gasteiger charge is 2.67. The number of furan rings is 1. The maximum absolute atomic E-state index is 12.0. The summed E-state index contributed by atoms with van der Waals surface area (Å²) >= 11 is 0. The highest BCUT2D eigenvalue weighted by atomic mass is 16.4. The van der Waals surface area contributed by atoms with Crippen LogP contribution in [0.1, 0.15) is 102 Å². The molecule has 2 aromatic rings. The molecule has 1 aromatic heterocycles. The van der Waals surface area contributed by atoms with Gasteiger partial charge in [-0.25, -0.2) is 4.79 Å². The molecule has 1 heterocycles. The minimum Gasteiger partial charge on any atom is -0.478 e. The summed E-state index contributed by atoms with van der Waals surface area (Å²) in [5, 5.41) is 32.9. The van der Waals surface area contributed by atoms with Crippen molar-refractivity contribution >= 4 is 16.9 Å². The minimum atomic E-state index is -0.921. The number of aromatic carboxylic acids is 1. The number of carbonyl (C=O) groups is 1. The average Bonchev–Trinajstić information content (AvgIpc) is 3.43. The van der Waals surface area contributed by atoms with Gasteiger partial charge in [-0.1, -0.05) is 47.1 Å². The Labute approximate surface area is 233 Å². The molecule has 6 rings (SSSR count). The van der Waals surface area contributed by atoms with E-state index in [2.05, 4.69) is 34.6 Å². The zero-order chi connectivity index (χ0) is 27.9. The molecule has 1 aromatic carbocycles. The van der Waals surface area contributed by atoms with Gasteiger partial charge in [-0.3, -0.25) is 0 Å². The lowest BCUT2D eigenvalue weighted by Gasteiger charge is -2.65. The van der Waals surface area contributed by atoms with E-state index in [4.69, 9.17) is 4.42 Å². The van der Waals surface area contributed by atoms with Crippen LogP contribution < -0.4 is 0 Å². The van der Waals surface area contributed by atoms with Crippen molar-refractivity contribution in [1.82, 2.24) is 0 Å². The van der Waals surface area contributed by atoms with Crippen LogP contribution in [-0.2, 0) is 6.42 Å². The summed E-state index contributed by atoms with van der Waals surface area (Å²) in [5.74, 6) is 2.39. The smallest absolute Gasteiger partial charge is 0.336 e. The lowest BCUT2D eigenvalue weighted by atomic mass is 9.40. The fourth-order valence-corrected chi connectivity index (χ4v) is 11.0. The summed E-state index contributed by atoms with van der Waals surface area (Å²) < 4.78 is 6.19. The molecule has 4 aliphatic carbocycles. The van der Waals surface area contributed by atoms with E-state index in [-0.39, 0.29) is 34.4 Å². The molecule has 5 nitrogen and oxygen atoms in total. The molecule has 0 radical (unpaired) electrons. The SMILES string of the molecule is CC[C@H]1[C@@H](O)C2C3CCC(C)([C@H](C)Cc4cc5c(C(=O)O)cccc5o4)[C@@]3(C)CCC2[C@@]2(C)CC[C@@H](O)C[C@@H]12. The maximum Gasteiger partial charge on any atom is 0.336 e. The summed E-state index contributed by atoms with van der Waals surface area (Å²) in [6.45, 7) is 12.1. The van der Waals surface area contributed by atoms with Gasteiger partial charge in [0, 0.05) is 11.8 Å². The van der Waals surface area contributed by atoms with Crippen LogP contribution in [0.15, 0.2) is 28.7 Å². The van der Waals surface area contributed by atoms with Gasteiger partial charge in [0.15, 0.2) is 0 Å². The Bertz CT molecular complexity index is 1250. The highest BCUT2D eigenvalue weighted by Crippen LogP contribution is 2.72. The van der Waals surface area contributed by atoms with Crippen LogP contribution in [0.25, 0.3) is 11.0 Å². The molecular formula is C34H48O5. The number of hydrogen-bond donors (Lipinski definition) is 3. The molecule has 11 atom stereocenters. The Morgan fingerprint density at radius 2 is 1.79 bits per heavy atom. The standard InChI is InChI=1S/C34H48O5/c1-6-22-27-17-20(35)10-13-32(27,3)25-11-15-34(5)26(29(25)30(22)36)12-14-33(34,4)19(2)16-21-18-24-23(31(37)38)8-7-9-28(24)39-21/h7-9,18-20,22,25-27,29-30,35-36H,6,10-17H2,1-5H3,(H,37,38)/t19-,20-,22-,25?,26?,27+,29?,30-,32-,33?,34+/m1/s1. The maximum atomic E-state index is 12.0. The topological polar surface area (TPSA) is 90.9 Å². The van der Waals surface area contributed by atoms with Crippen molar-refractivity contribution < 1.29 is 24.5 Å². The third kappa shape index (κ3) is 3.81. The summed E-state index contributed by atoms with van der Waals surface area (Å²) in [4.78, 5) is 11.7. The van der Waals surface area contributed by atoms with Gasteiger partial charge in [-0.05, 0) is 115 Å². The van der Waals surface area contributed by atoms with Gasteiger partial charge in [-0.15, -0.1) is 0 Å². The molecule has 214 valence electrons. The molecule has 4 saturated carbocycles. The van der Waals surface area contributed by atoms with E-state index in [1.165, 1.54) is 19.3 Å². The van der Waals surface area contributed by atoms with Crippen LogP contribution >= 0.6 is 0 Å².